The van der Waals surface area contributed by atoms with Crippen LogP contribution in [0.5, 0.6) is 0 Å². The van der Waals surface area contributed by atoms with Gasteiger partial charge in [0.2, 0.25) is 5.91 Å². The molecule has 0 unspecified atom stereocenters. The normalized spacial score (nSPS) is 18.2. The monoisotopic (exact) mass is 240 g/mol. The predicted octanol–water partition coefficient (Wildman–Crippen LogP) is 2.59. The van der Waals surface area contributed by atoms with Gasteiger partial charge in [-0.15, -0.1) is 0 Å². The lowest BCUT2D eigenvalue weighted by atomic mass is 9.99. The zero-order chi connectivity index (χ0) is 12.5. The molecule has 3 N–H and O–H groups in total. The number of amides is 1. The first-order valence-corrected chi connectivity index (χ1v) is 7.23. The van der Waals surface area contributed by atoms with Crippen LogP contribution < -0.4 is 11.1 Å². The van der Waals surface area contributed by atoms with E-state index in [1.807, 2.05) is 0 Å². The van der Waals surface area contributed by atoms with Crippen molar-refractivity contribution in [2.75, 3.05) is 6.54 Å². The van der Waals surface area contributed by atoms with E-state index in [1.54, 1.807) is 0 Å². The molecule has 0 spiro atoms. The van der Waals surface area contributed by atoms with Gasteiger partial charge in [0, 0.05) is 12.5 Å². The highest BCUT2D eigenvalue weighted by Gasteiger charge is 2.22. The van der Waals surface area contributed by atoms with E-state index in [2.05, 4.69) is 12.2 Å². The van der Waals surface area contributed by atoms with Crippen LogP contribution in [0.1, 0.15) is 64.7 Å². The number of hydrogen-bond acceptors (Lipinski definition) is 2. The first-order chi connectivity index (χ1) is 8.24. The Balaban J connectivity index is 2.03. The maximum atomic E-state index is 11.7. The average Bonchev–Trinajstić information content (AvgIpc) is 2.82. The molecule has 1 atom stereocenters. The highest BCUT2D eigenvalue weighted by molar-refractivity contribution is 5.76. The lowest BCUT2D eigenvalue weighted by Gasteiger charge is -2.20. The maximum absolute atomic E-state index is 11.7. The molecule has 1 fully saturated rings. The molecule has 0 aromatic rings. The summed E-state index contributed by atoms with van der Waals surface area (Å²) in [4.78, 5) is 11.7. The van der Waals surface area contributed by atoms with Crippen LogP contribution in [-0.2, 0) is 4.79 Å². The Kier molecular flexibility index (Phi) is 7.25. The molecule has 3 nitrogen and oxygen atoms in total. The summed E-state index contributed by atoms with van der Waals surface area (Å²) < 4.78 is 0. The summed E-state index contributed by atoms with van der Waals surface area (Å²) in [5, 5.41) is 3.15. The fraction of sp³-hybridized carbons (Fsp3) is 0.929. The second-order valence-electron chi connectivity index (χ2n) is 5.35. The molecule has 1 saturated carbocycles. The van der Waals surface area contributed by atoms with E-state index in [0.29, 0.717) is 12.5 Å². The number of rotatable bonds is 8. The Morgan fingerprint density at radius 1 is 1.24 bits per heavy atom. The lowest BCUT2D eigenvalue weighted by Crippen LogP contribution is -2.37. The zero-order valence-corrected chi connectivity index (χ0v) is 11.2. The molecule has 3 heteroatoms. The van der Waals surface area contributed by atoms with Gasteiger partial charge in [0.15, 0.2) is 0 Å². The summed E-state index contributed by atoms with van der Waals surface area (Å²) in [6.07, 6.45) is 10.3. The van der Waals surface area contributed by atoms with Gasteiger partial charge in [0.1, 0.15) is 0 Å². The van der Waals surface area contributed by atoms with Crippen molar-refractivity contribution in [2.24, 2.45) is 11.7 Å². The molecule has 1 amide bonds. The van der Waals surface area contributed by atoms with Crippen molar-refractivity contribution in [3.8, 4) is 0 Å². The van der Waals surface area contributed by atoms with Gasteiger partial charge >= 0.3 is 0 Å². The van der Waals surface area contributed by atoms with Gasteiger partial charge in [-0.05, 0) is 45.1 Å². The number of carbonyl (C=O) groups is 1. The van der Waals surface area contributed by atoms with Crippen LogP contribution in [0.4, 0.5) is 0 Å². The predicted molar refractivity (Wildman–Crippen MR) is 71.7 cm³/mol. The SMILES string of the molecule is C[C@@H](NC(=O)CCCCCCN)C1CCCC1. The molecule has 0 radical (unpaired) electrons. The van der Waals surface area contributed by atoms with Crippen molar-refractivity contribution in [1.29, 1.82) is 0 Å². The number of hydrogen-bond donors (Lipinski definition) is 2. The van der Waals surface area contributed by atoms with Crippen molar-refractivity contribution in [2.45, 2.75) is 70.8 Å². The fourth-order valence-electron chi connectivity index (χ4n) is 2.68. The topological polar surface area (TPSA) is 55.1 Å². The Bertz CT molecular complexity index is 212. The molecule has 17 heavy (non-hydrogen) atoms. The Hall–Kier alpha value is -0.570. The van der Waals surface area contributed by atoms with Gasteiger partial charge in [-0.2, -0.15) is 0 Å². The number of nitrogens with one attached hydrogen (secondary N) is 1. The highest BCUT2D eigenvalue weighted by Crippen LogP contribution is 2.27. The van der Waals surface area contributed by atoms with E-state index >= 15 is 0 Å². The van der Waals surface area contributed by atoms with Crippen molar-refractivity contribution in [1.82, 2.24) is 5.32 Å². The van der Waals surface area contributed by atoms with Gasteiger partial charge in [0.05, 0.1) is 0 Å². The quantitative estimate of drug-likeness (QED) is 0.641. The number of carbonyl (C=O) groups excluding carboxylic acids is 1. The van der Waals surface area contributed by atoms with Gasteiger partial charge in [0.25, 0.3) is 0 Å². The third kappa shape index (κ3) is 6.06. The smallest absolute Gasteiger partial charge is 0.220 e. The minimum atomic E-state index is 0.233. The van der Waals surface area contributed by atoms with E-state index in [4.69, 9.17) is 5.73 Å². The molecule has 1 rings (SSSR count). The Morgan fingerprint density at radius 3 is 2.53 bits per heavy atom. The van der Waals surface area contributed by atoms with E-state index in [1.165, 1.54) is 25.7 Å². The van der Waals surface area contributed by atoms with Gasteiger partial charge < -0.3 is 11.1 Å². The highest BCUT2D eigenvalue weighted by atomic mass is 16.1. The third-order valence-corrected chi connectivity index (χ3v) is 3.85. The molecule has 0 saturated heterocycles. The van der Waals surface area contributed by atoms with E-state index in [9.17, 15) is 4.79 Å². The molecular weight excluding hydrogens is 212 g/mol. The molecule has 0 aromatic heterocycles. The molecule has 1 aliphatic rings. The van der Waals surface area contributed by atoms with Gasteiger partial charge in [-0.1, -0.05) is 25.7 Å². The first kappa shape index (κ1) is 14.5. The number of unbranched alkanes of at least 4 members (excludes halogenated alkanes) is 3. The van der Waals surface area contributed by atoms with Crippen LogP contribution in [0.25, 0.3) is 0 Å². The second-order valence-corrected chi connectivity index (χ2v) is 5.35. The molecule has 0 heterocycles. The van der Waals surface area contributed by atoms with Crippen LogP contribution in [-0.4, -0.2) is 18.5 Å². The largest absolute Gasteiger partial charge is 0.353 e. The zero-order valence-electron chi connectivity index (χ0n) is 11.2. The average molecular weight is 240 g/mol. The Morgan fingerprint density at radius 2 is 1.88 bits per heavy atom. The summed E-state index contributed by atoms with van der Waals surface area (Å²) in [6.45, 7) is 2.92. The summed E-state index contributed by atoms with van der Waals surface area (Å²) in [6, 6.07) is 0.369. The van der Waals surface area contributed by atoms with Crippen molar-refractivity contribution >= 4 is 5.91 Å². The van der Waals surface area contributed by atoms with Crippen LogP contribution in [0.3, 0.4) is 0 Å². The molecule has 100 valence electrons. The van der Waals surface area contributed by atoms with Crippen molar-refractivity contribution in [3.63, 3.8) is 0 Å². The van der Waals surface area contributed by atoms with Crippen molar-refractivity contribution in [3.05, 3.63) is 0 Å². The minimum Gasteiger partial charge on any atom is -0.353 e. The Labute approximate surface area is 106 Å². The van der Waals surface area contributed by atoms with E-state index in [0.717, 1.165) is 38.1 Å². The van der Waals surface area contributed by atoms with Crippen LogP contribution in [0.2, 0.25) is 0 Å². The summed E-state index contributed by atoms with van der Waals surface area (Å²) in [5.74, 6) is 0.952. The molecule has 0 aliphatic heterocycles. The maximum Gasteiger partial charge on any atom is 0.220 e. The molecular formula is C14H28N2O. The first-order valence-electron chi connectivity index (χ1n) is 7.23. The van der Waals surface area contributed by atoms with E-state index < -0.39 is 0 Å². The van der Waals surface area contributed by atoms with Gasteiger partial charge in [-0.25, -0.2) is 0 Å². The van der Waals surface area contributed by atoms with Crippen molar-refractivity contribution < 1.29 is 4.79 Å². The van der Waals surface area contributed by atoms with Gasteiger partial charge in [-0.3, -0.25) is 4.79 Å². The van der Waals surface area contributed by atoms with E-state index in [-0.39, 0.29) is 5.91 Å². The van der Waals surface area contributed by atoms with Crippen LogP contribution >= 0.6 is 0 Å². The van der Waals surface area contributed by atoms with Crippen LogP contribution in [0.15, 0.2) is 0 Å². The minimum absolute atomic E-state index is 0.233. The molecule has 0 aromatic carbocycles. The fourth-order valence-corrected chi connectivity index (χ4v) is 2.68. The summed E-state index contributed by atoms with van der Waals surface area (Å²) in [7, 11) is 0. The summed E-state index contributed by atoms with van der Waals surface area (Å²) in [5.41, 5.74) is 5.43. The standard InChI is InChI=1S/C14H28N2O/c1-12(13-8-5-6-9-13)16-14(17)10-4-2-3-7-11-15/h12-13H,2-11,15H2,1H3,(H,16,17)/t12-/m1/s1. The summed E-state index contributed by atoms with van der Waals surface area (Å²) >= 11 is 0. The second kappa shape index (κ2) is 8.51. The van der Waals surface area contributed by atoms with Crippen LogP contribution in [0, 0.1) is 5.92 Å². The third-order valence-electron chi connectivity index (χ3n) is 3.85. The lowest BCUT2D eigenvalue weighted by molar-refractivity contribution is -0.122. The molecule has 1 aliphatic carbocycles. The molecule has 0 bridgehead atoms. The number of nitrogens with two attached hydrogens (primary N) is 1.